The van der Waals surface area contributed by atoms with Crippen molar-refractivity contribution in [2.45, 2.75) is 39.5 Å². The molecule has 0 saturated carbocycles. The number of urea groups is 1. The van der Waals surface area contributed by atoms with Crippen LogP contribution in [0.1, 0.15) is 36.7 Å². The number of amides is 2. The fraction of sp³-hybridized carbons (Fsp3) is 0.400. The quantitative estimate of drug-likeness (QED) is 0.811. The van der Waals surface area contributed by atoms with Crippen LogP contribution >= 0.6 is 0 Å². The van der Waals surface area contributed by atoms with E-state index in [-0.39, 0.29) is 12.1 Å². The zero-order valence-corrected chi connectivity index (χ0v) is 12.3. The summed E-state index contributed by atoms with van der Waals surface area (Å²) in [5.74, 6) is -0.541. The first-order valence-electron chi connectivity index (χ1n) is 6.66. The lowest BCUT2D eigenvalue weighted by molar-refractivity contribution is 0.0435. The predicted molar refractivity (Wildman–Crippen MR) is 77.4 cm³/mol. The van der Waals surface area contributed by atoms with Gasteiger partial charge in [-0.25, -0.2) is 9.59 Å². The zero-order valence-electron chi connectivity index (χ0n) is 12.3. The fourth-order valence-electron chi connectivity index (χ4n) is 1.51. The molecule has 0 aliphatic rings. The summed E-state index contributed by atoms with van der Waals surface area (Å²) in [6, 6.07) is 8.31. The number of ether oxygens (including phenoxy) is 1. The van der Waals surface area contributed by atoms with Gasteiger partial charge in [0.15, 0.2) is 6.10 Å². The number of hydrogen-bond donors (Lipinski definition) is 2. The molecule has 0 fully saturated rings. The van der Waals surface area contributed by atoms with E-state index in [4.69, 9.17) is 10.00 Å². The van der Waals surface area contributed by atoms with Crippen molar-refractivity contribution in [1.29, 1.82) is 5.26 Å². The Balaban J connectivity index is 2.53. The Labute approximate surface area is 124 Å². The number of hydrogen-bond acceptors (Lipinski definition) is 4. The van der Waals surface area contributed by atoms with Crippen LogP contribution in [0.15, 0.2) is 24.3 Å². The van der Waals surface area contributed by atoms with Gasteiger partial charge in [0, 0.05) is 12.6 Å². The highest BCUT2D eigenvalue weighted by molar-refractivity contribution is 5.89. The SMILES string of the molecule is CC(C)NC(=O)NCc1ccc(C(=O)O[C@@H](C)C#N)cc1. The molecule has 0 saturated heterocycles. The normalized spacial score (nSPS) is 11.4. The molecule has 1 aromatic rings. The third-order valence-corrected chi connectivity index (χ3v) is 2.53. The third kappa shape index (κ3) is 5.95. The first kappa shape index (κ1) is 16.5. The maximum absolute atomic E-state index is 11.7. The molecule has 1 atom stereocenters. The van der Waals surface area contributed by atoms with Crippen molar-refractivity contribution < 1.29 is 14.3 Å². The molecule has 6 nitrogen and oxygen atoms in total. The summed E-state index contributed by atoms with van der Waals surface area (Å²) in [5.41, 5.74) is 1.23. The Morgan fingerprint density at radius 3 is 2.38 bits per heavy atom. The second kappa shape index (κ2) is 7.90. The van der Waals surface area contributed by atoms with Crippen LogP contribution < -0.4 is 10.6 Å². The van der Waals surface area contributed by atoms with E-state index < -0.39 is 12.1 Å². The van der Waals surface area contributed by atoms with E-state index in [1.807, 2.05) is 19.9 Å². The van der Waals surface area contributed by atoms with Crippen LogP contribution in [0.3, 0.4) is 0 Å². The van der Waals surface area contributed by atoms with Crippen molar-refractivity contribution in [3.8, 4) is 6.07 Å². The van der Waals surface area contributed by atoms with Gasteiger partial charge in [-0.15, -0.1) is 0 Å². The van der Waals surface area contributed by atoms with Crippen LogP contribution in [-0.4, -0.2) is 24.1 Å². The molecule has 1 rings (SSSR count). The molecule has 2 amide bonds. The van der Waals surface area contributed by atoms with E-state index >= 15 is 0 Å². The minimum atomic E-state index is -0.779. The first-order valence-corrected chi connectivity index (χ1v) is 6.66. The van der Waals surface area contributed by atoms with Crippen molar-refractivity contribution in [3.63, 3.8) is 0 Å². The summed E-state index contributed by atoms with van der Waals surface area (Å²) in [7, 11) is 0. The van der Waals surface area contributed by atoms with Gasteiger partial charge < -0.3 is 15.4 Å². The maximum atomic E-state index is 11.7. The monoisotopic (exact) mass is 289 g/mol. The zero-order chi connectivity index (χ0) is 15.8. The molecule has 2 N–H and O–H groups in total. The van der Waals surface area contributed by atoms with Crippen LogP contribution in [0.4, 0.5) is 4.79 Å². The molecule has 0 bridgehead atoms. The van der Waals surface area contributed by atoms with E-state index in [1.165, 1.54) is 6.92 Å². The second-order valence-corrected chi connectivity index (χ2v) is 4.86. The lowest BCUT2D eigenvalue weighted by Gasteiger charge is -2.10. The molecule has 21 heavy (non-hydrogen) atoms. The van der Waals surface area contributed by atoms with Gasteiger partial charge >= 0.3 is 12.0 Å². The number of benzene rings is 1. The predicted octanol–water partition coefficient (Wildman–Crippen LogP) is 1.96. The van der Waals surface area contributed by atoms with Crippen molar-refractivity contribution in [3.05, 3.63) is 35.4 Å². The Hall–Kier alpha value is -2.55. The number of carbonyl (C=O) groups is 2. The van der Waals surface area contributed by atoms with Crippen LogP contribution in [0.2, 0.25) is 0 Å². The number of carbonyl (C=O) groups excluding carboxylic acids is 2. The number of rotatable bonds is 5. The maximum Gasteiger partial charge on any atom is 0.339 e. The van der Waals surface area contributed by atoms with Gasteiger partial charge in [-0.05, 0) is 38.5 Å². The van der Waals surface area contributed by atoms with Gasteiger partial charge in [0.2, 0.25) is 0 Å². The van der Waals surface area contributed by atoms with E-state index in [1.54, 1.807) is 24.3 Å². The molecule has 0 radical (unpaired) electrons. The van der Waals surface area contributed by atoms with Gasteiger partial charge in [0.1, 0.15) is 6.07 Å². The standard InChI is InChI=1S/C15H19N3O3/c1-10(2)18-15(20)17-9-12-4-6-13(7-5-12)14(19)21-11(3)8-16/h4-7,10-11H,9H2,1-3H3,(H2,17,18,20)/t11-/m0/s1. The number of nitrogens with zero attached hydrogens (tertiary/aromatic N) is 1. The van der Waals surface area contributed by atoms with Crippen molar-refractivity contribution in [2.24, 2.45) is 0 Å². The molecule has 1 aromatic carbocycles. The van der Waals surface area contributed by atoms with Gasteiger partial charge in [0.05, 0.1) is 5.56 Å². The van der Waals surface area contributed by atoms with Crippen molar-refractivity contribution in [1.82, 2.24) is 10.6 Å². The van der Waals surface area contributed by atoms with E-state index in [2.05, 4.69) is 10.6 Å². The van der Waals surface area contributed by atoms with Crippen LogP contribution in [0.25, 0.3) is 0 Å². The summed E-state index contributed by atoms with van der Waals surface area (Å²) in [6.45, 7) is 5.62. The average Bonchev–Trinajstić information content (AvgIpc) is 2.44. The van der Waals surface area contributed by atoms with Crippen LogP contribution in [0, 0.1) is 11.3 Å². The molecule has 6 heteroatoms. The summed E-state index contributed by atoms with van der Waals surface area (Å²) < 4.78 is 4.89. The summed E-state index contributed by atoms with van der Waals surface area (Å²) in [5, 5.41) is 14.0. The van der Waals surface area contributed by atoms with Crippen LogP contribution in [-0.2, 0) is 11.3 Å². The van der Waals surface area contributed by atoms with Crippen molar-refractivity contribution >= 4 is 12.0 Å². The third-order valence-electron chi connectivity index (χ3n) is 2.53. The fourth-order valence-corrected chi connectivity index (χ4v) is 1.51. The average molecular weight is 289 g/mol. The Morgan fingerprint density at radius 2 is 1.86 bits per heavy atom. The molecule has 0 aliphatic heterocycles. The smallest absolute Gasteiger partial charge is 0.339 e. The lowest BCUT2D eigenvalue weighted by atomic mass is 10.1. The second-order valence-electron chi connectivity index (χ2n) is 4.86. The number of esters is 1. The number of nitrogens with one attached hydrogen (secondary N) is 2. The summed E-state index contributed by atoms with van der Waals surface area (Å²) in [6.07, 6.45) is -0.779. The minimum absolute atomic E-state index is 0.0734. The summed E-state index contributed by atoms with van der Waals surface area (Å²) in [4.78, 5) is 23.1. The molecule has 0 heterocycles. The van der Waals surface area contributed by atoms with E-state index in [9.17, 15) is 9.59 Å². The van der Waals surface area contributed by atoms with Gasteiger partial charge in [-0.3, -0.25) is 0 Å². The molecule has 0 aliphatic carbocycles. The molecule has 112 valence electrons. The molecule has 0 unspecified atom stereocenters. The highest BCUT2D eigenvalue weighted by Crippen LogP contribution is 2.07. The highest BCUT2D eigenvalue weighted by atomic mass is 16.5. The van der Waals surface area contributed by atoms with Crippen molar-refractivity contribution in [2.75, 3.05) is 0 Å². The summed E-state index contributed by atoms with van der Waals surface area (Å²) >= 11 is 0. The van der Waals surface area contributed by atoms with Gasteiger partial charge in [0.25, 0.3) is 0 Å². The minimum Gasteiger partial charge on any atom is -0.444 e. The molecule has 0 spiro atoms. The van der Waals surface area contributed by atoms with Gasteiger partial charge in [-0.2, -0.15) is 5.26 Å². The Kier molecular flexibility index (Phi) is 6.21. The Morgan fingerprint density at radius 1 is 1.24 bits per heavy atom. The van der Waals surface area contributed by atoms with Crippen LogP contribution in [0.5, 0.6) is 0 Å². The molecular formula is C15H19N3O3. The van der Waals surface area contributed by atoms with E-state index in [0.29, 0.717) is 12.1 Å². The largest absolute Gasteiger partial charge is 0.444 e. The molecular weight excluding hydrogens is 270 g/mol. The Bertz CT molecular complexity index is 532. The van der Waals surface area contributed by atoms with E-state index in [0.717, 1.165) is 5.56 Å². The first-order chi connectivity index (χ1) is 9.92. The number of nitriles is 1. The highest BCUT2D eigenvalue weighted by Gasteiger charge is 2.11. The lowest BCUT2D eigenvalue weighted by Crippen LogP contribution is -2.39. The topological polar surface area (TPSA) is 91.2 Å². The molecule has 0 aromatic heterocycles. The van der Waals surface area contributed by atoms with Gasteiger partial charge in [-0.1, -0.05) is 12.1 Å².